The number of aromatic nitrogens is 3. The van der Waals surface area contributed by atoms with Gasteiger partial charge in [-0.3, -0.25) is 20.2 Å². The summed E-state index contributed by atoms with van der Waals surface area (Å²) >= 11 is 0. The topological polar surface area (TPSA) is 117 Å². The van der Waals surface area contributed by atoms with Crippen molar-refractivity contribution in [2.75, 3.05) is 0 Å². The van der Waals surface area contributed by atoms with Crippen molar-refractivity contribution in [2.24, 2.45) is 0 Å². The summed E-state index contributed by atoms with van der Waals surface area (Å²) in [5.41, 5.74) is -0.804. The molecule has 0 saturated carbocycles. The largest absolute Gasteiger partial charge is 0.348 e. The van der Waals surface area contributed by atoms with Gasteiger partial charge in [0.15, 0.2) is 0 Å². The van der Waals surface area contributed by atoms with Gasteiger partial charge in [0.25, 0.3) is 0 Å². The first-order valence-electron chi connectivity index (χ1n) is 4.37. The van der Waals surface area contributed by atoms with Crippen molar-refractivity contribution < 1.29 is 9.85 Å². The van der Waals surface area contributed by atoms with Crippen LogP contribution in [0.5, 0.6) is 0 Å². The second kappa shape index (κ2) is 3.96. The molecule has 0 unspecified atom stereocenters. The monoisotopic (exact) mass is 235 g/mol. The smallest absolute Gasteiger partial charge is 0.258 e. The van der Waals surface area contributed by atoms with E-state index in [-0.39, 0.29) is 0 Å². The van der Waals surface area contributed by atoms with E-state index in [4.69, 9.17) is 0 Å². The molecule has 0 saturated heterocycles. The second-order valence-corrected chi connectivity index (χ2v) is 3.03. The van der Waals surface area contributed by atoms with Gasteiger partial charge in [0.2, 0.25) is 0 Å². The molecule has 0 aliphatic heterocycles. The van der Waals surface area contributed by atoms with Crippen molar-refractivity contribution >= 4 is 11.4 Å². The highest BCUT2D eigenvalue weighted by atomic mass is 16.6. The predicted octanol–water partition coefficient (Wildman–Crippen LogP) is 1.08. The van der Waals surface area contributed by atoms with Crippen molar-refractivity contribution in [1.29, 1.82) is 0 Å². The molecule has 86 valence electrons. The van der Waals surface area contributed by atoms with Gasteiger partial charge in [0.1, 0.15) is 12.7 Å². The summed E-state index contributed by atoms with van der Waals surface area (Å²) in [6.07, 6.45) is 2.60. The summed E-state index contributed by atoms with van der Waals surface area (Å²) < 4.78 is 1.27. The Morgan fingerprint density at radius 1 is 1.12 bits per heavy atom. The number of nitrogens with zero attached hydrogens (tertiary/aromatic N) is 5. The van der Waals surface area contributed by atoms with Gasteiger partial charge >= 0.3 is 11.4 Å². The van der Waals surface area contributed by atoms with Gasteiger partial charge in [-0.05, 0) is 6.07 Å². The third kappa shape index (κ3) is 1.93. The zero-order chi connectivity index (χ0) is 12.4. The zero-order valence-corrected chi connectivity index (χ0v) is 8.26. The number of benzene rings is 1. The zero-order valence-electron chi connectivity index (χ0n) is 8.26. The summed E-state index contributed by atoms with van der Waals surface area (Å²) in [4.78, 5) is 23.4. The molecule has 0 amide bonds. The Hall–Kier alpha value is -2.84. The van der Waals surface area contributed by atoms with Gasteiger partial charge in [-0.2, -0.15) is 5.10 Å². The Morgan fingerprint density at radius 2 is 1.82 bits per heavy atom. The van der Waals surface area contributed by atoms with Crippen LogP contribution in [0.15, 0.2) is 30.9 Å². The van der Waals surface area contributed by atoms with E-state index >= 15 is 0 Å². The molecule has 0 aliphatic carbocycles. The molecular formula is C8H5N5O4. The quantitative estimate of drug-likeness (QED) is 0.580. The fourth-order valence-electron chi connectivity index (χ4n) is 1.30. The lowest BCUT2D eigenvalue weighted by Crippen LogP contribution is -2.00. The number of nitro groups is 2. The van der Waals surface area contributed by atoms with E-state index in [0.717, 1.165) is 12.1 Å². The molecule has 1 aromatic carbocycles. The number of nitro benzene ring substituents is 2. The molecule has 9 nitrogen and oxygen atoms in total. The van der Waals surface area contributed by atoms with Crippen LogP contribution in [0.25, 0.3) is 5.69 Å². The Labute approximate surface area is 93.6 Å². The van der Waals surface area contributed by atoms with Gasteiger partial charge in [0.05, 0.1) is 15.5 Å². The molecule has 9 heteroatoms. The van der Waals surface area contributed by atoms with Crippen molar-refractivity contribution in [3.05, 3.63) is 51.1 Å². The van der Waals surface area contributed by atoms with Gasteiger partial charge in [-0.15, -0.1) is 0 Å². The van der Waals surface area contributed by atoms with Gasteiger partial charge in [-0.1, -0.05) is 0 Å². The van der Waals surface area contributed by atoms with Gasteiger partial charge in [0, 0.05) is 12.1 Å². The molecule has 0 aliphatic rings. The van der Waals surface area contributed by atoms with E-state index in [0.29, 0.717) is 5.69 Å². The molecule has 2 aromatic rings. The molecule has 1 heterocycles. The summed E-state index contributed by atoms with van der Waals surface area (Å²) in [7, 11) is 0. The number of rotatable bonds is 3. The molecular weight excluding hydrogens is 230 g/mol. The highest BCUT2D eigenvalue weighted by molar-refractivity contribution is 5.57. The minimum absolute atomic E-state index is 0.333. The summed E-state index contributed by atoms with van der Waals surface area (Å²) in [6.45, 7) is 0. The van der Waals surface area contributed by atoms with Crippen LogP contribution < -0.4 is 0 Å². The molecule has 0 bridgehead atoms. The fourth-order valence-corrected chi connectivity index (χ4v) is 1.30. The van der Waals surface area contributed by atoms with Gasteiger partial charge in [-0.25, -0.2) is 9.67 Å². The normalized spacial score (nSPS) is 10.1. The number of hydrogen-bond donors (Lipinski definition) is 0. The second-order valence-electron chi connectivity index (χ2n) is 3.03. The highest BCUT2D eigenvalue weighted by Gasteiger charge is 2.24. The van der Waals surface area contributed by atoms with E-state index < -0.39 is 21.2 Å². The molecule has 1 aromatic heterocycles. The van der Waals surface area contributed by atoms with Crippen LogP contribution in [0.3, 0.4) is 0 Å². The first kappa shape index (κ1) is 10.7. The maximum absolute atomic E-state index is 10.7. The van der Waals surface area contributed by atoms with Crippen LogP contribution in [0.4, 0.5) is 11.4 Å². The third-order valence-electron chi connectivity index (χ3n) is 2.04. The van der Waals surface area contributed by atoms with E-state index in [9.17, 15) is 20.2 Å². The van der Waals surface area contributed by atoms with Crippen molar-refractivity contribution in [1.82, 2.24) is 14.8 Å². The summed E-state index contributed by atoms with van der Waals surface area (Å²) in [6, 6.07) is 3.50. The maximum Gasteiger partial charge on any atom is 0.348 e. The Balaban J connectivity index is 2.57. The average molecular weight is 235 g/mol. The minimum atomic E-state index is -0.807. The molecule has 0 spiro atoms. The molecule has 2 rings (SSSR count). The van der Waals surface area contributed by atoms with Crippen LogP contribution >= 0.6 is 0 Å². The number of hydrogen-bond acceptors (Lipinski definition) is 6. The fraction of sp³-hybridized carbons (Fsp3) is 0. The van der Waals surface area contributed by atoms with Crippen molar-refractivity contribution in [2.45, 2.75) is 0 Å². The first-order valence-corrected chi connectivity index (χ1v) is 4.37. The van der Waals surface area contributed by atoms with Crippen molar-refractivity contribution in [3.8, 4) is 5.69 Å². The van der Waals surface area contributed by atoms with E-state index in [1.54, 1.807) is 0 Å². The summed E-state index contributed by atoms with van der Waals surface area (Å²) in [5.74, 6) is 0. The Kier molecular flexibility index (Phi) is 2.49. The molecule has 17 heavy (non-hydrogen) atoms. The minimum Gasteiger partial charge on any atom is -0.258 e. The molecule has 0 N–H and O–H groups in total. The Bertz CT molecular complexity index is 580. The van der Waals surface area contributed by atoms with Crippen LogP contribution in [0, 0.1) is 20.2 Å². The maximum atomic E-state index is 10.7. The summed E-state index contributed by atoms with van der Waals surface area (Å²) in [5, 5.41) is 25.1. The predicted molar refractivity (Wildman–Crippen MR) is 54.7 cm³/mol. The lowest BCUT2D eigenvalue weighted by Gasteiger charge is -2.00. The van der Waals surface area contributed by atoms with Gasteiger partial charge < -0.3 is 0 Å². The standard InChI is InChI=1S/C8H5N5O4/c14-12(15)7-2-1-6(3-8(7)13(16)17)11-5-9-4-10-11/h1-5H. The highest BCUT2D eigenvalue weighted by Crippen LogP contribution is 2.28. The third-order valence-corrected chi connectivity index (χ3v) is 2.04. The van der Waals surface area contributed by atoms with Crippen molar-refractivity contribution in [3.63, 3.8) is 0 Å². The van der Waals surface area contributed by atoms with E-state index in [1.807, 2.05) is 0 Å². The lowest BCUT2D eigenvalue weighted by atomic mass is 10.2. The van der Waals surface area contributed by atoms with Crippen LogP contribution in [-0.4, -0.2) is 24.6 Å². The van der Waals surface area contributed by atoms with Crippen LogP contribution in [0.2, 0.25) is 0 Å². The first-order chi connectivity index (χ1) is 8.09. The average Bonchev–Trinajstić information content (AvgIpc) is 2.81. The van der Waals surface area contributed by atoms with Crippen LogP contribution in [-0.2, 0) is 0 Å². The SMILES string of the molecule is O=[N+]([O-])c1ccc(-n2cncn2)cc1[N+](=O)[O-]. The Morgan fingerprint density at radius 3 is 2.35 bits per heavy atom. The van der Waals surface area contributed by atoms with E-state index in [2.05, 4.69) is 10.1 Å². The molecule has 0 radical (unpaired) electrons. The molecule has 0 fully saturated rings. The molecule has 0 atom stereocenters. The lowest BCUT2D eigenvalue weighted by molar-refractivity contribution is -0.422. The van der Waals surface area contributed by atoms with Crippen LogP contribution in [0.1, 0.15) is 0 Å². The van der Waals surface area contributed by atoms with E-state index in [1.165, 1.54) is 23.4 Å².